The van der Waals surface area contributed by atoms with E-state index in [1.54, 1.807) is 12.1 Å². The molecule has 2 fully saturated rings. The van der Waals surface area contributed by atoms with E-state index in [0.717, 1.165) is 31.5 Å². The molecule has 2 amide bonds. The number of halogens is 1. The summed E-state index contributed by atoms with van der Waals surface area (Å²) in [4.78, 5) is 26.9. The molecule has 1 spiro atoms. The molecule has 1 aliphatic carbocycles. The van der Waals surface area contributed by atoms with E-state index < -0.39 is 5.41 Å². The van der Waals surface area contributed by atoms with Crippen LogP contribution in [0.1, 0.15) is 53.0 Å². The Morgan fingerprint density at radius 3 is 2.27 bits per heavy atom. The van der Waals surface area contributed by atoms with Crippen LogP contribution in [0.15, 0.2) is 24.3 Å². The number of nitrogens with zero attached hydrogens (tertiary/aromatic N) is 1. The first-order chi connectivity index (χ1) is 13.9. The molecule has 1 saturated carbocycles. The molecule has 166 valence electrons. The van der Waals surface area contributed by atoms with Gasteiger partial charge >= 0.3 is 0 Å². The molecule has 0 radical (unpaired) electrons. The molecule has 0 unspecified atom stereocenters. The highest BCUT2D eigenvalue weighted by Gasteiger charge is 2.52. The molecule has 2 N–H and O–H groups in total. The zero-order valence-electron chi connectivity index (χ0n) is 19.0. The van der Waals surface area contributed by atoms with E-state index >= 15 is 0 Å². The predicted molar refractivity (Wildman–Crippen MR) is 116 cm³/mol. The fraction of sp³-hybridized carbons (Fsp3) is 0.667. The van der Waals surface area contributed by atoms with Crippen LogP contribution in [-0.4, -0.2) is 48.4 Å². The summed E-state index contributed by atoms with van der Waals surface area (Å²) < 4.78 is 13.1. The van der Waals surface area contributed by atoms with Crippen LogP contribution in [0.5, 0.6) is 0 Å². The Bertz CT molecular complexity index is 769. The third-order valence-corrected chi connectivity index (χ3v) is 6.17. The van der Waals surface area contributed by atoms with Crippen molar-refractivity contribution in [3.05, 3.63) is 35.6 Å². The minimum Gasteiger partial charge on any atom is -0.355 e. The summed E-state index contributed by atoms with van der Waals surface area (Å²) in [5.74, 6) is 0.385. The van der Waals surface area contributed by atoms with E-state index in [2.05, 4.69) is 15.5 Å². The van der Waals surface area contributed by atoms with Crippen LogP contribution in [0.2, 0.25) is 0 Å². The predicted octanol–water partition coefficient (Wildman–Crippen LogP) is 3.14. The Labute approximate surface area is 179 Å². The molecule has 5 nitrogen and oxygen atoms in total. The average Bonchev–Trinajstić information content (AvgIpc) is 2.54. The highest BCUT2D eigenvalue weighted by atomic mass is 19.1. The first-order valence-corrected chi connectivity index (χ1v) is 10.9. The molecule has 30 heavy (non-hydrogen) atoms. The van der Waals surface area contributed by atoms with Crippen LogP contribution in [-0.2, 0) is 16.0 Å². The van der Waals surface area contributed by atoms with E-state index in [0.29, 0.717) is 30.8 Å². The molecular formula is C24H36FN3O2. The lowest BCUT2D eigenvalue weighted by atomic mass is 9.57. The van der Waals surface area contributed by atoms with Gasteiger partial charge in [-0.25, -0.2) is 4.39 Å². The maximum Gasteiger partial charge on any atom is 0.234 e. The first-order valence-electron chi connectivity index (χ1n) is 10.9. The third kappa shape index (κ3) is 5.81. The molecule has 1 aromatic rings. The van der Waals surface area contributed by atoms with Crippen LogP contribution in [0.3, 0.4) is 0 Å². The lowest BCUT2D eigenvalue weighted by Gasteiger charge is -2.59. The molecule has 2 aliphatic rings. The number of hydrogen-bond acceptors (Lipinski definition) is 3. The number of carbonyl (C=O) groups is 2. The van der Waals surface area contributed by atoms with E-state index in [1.165, 1.54) is 12.1 Å². The van der Waals surface area contributed by atoms with E-state index in [1.807, 2.05) is 34.6 Å². The molecule has 3 rings (SSSR count). The second-order valence-corrected chi connectivity index (χ2v) is 11.1. The molecule has 0 aromatic heterocycles. The van der Waals surface area contributed by atoms with Gasteiger partial charge in [-0.15, -0.1) is 0 Å². The number of nitrogens with one attached hydrogen (secondary N) is 2. The minimum atomic E-state index is -0.535. The van der Waals surface area contributed by atoms with Crippen LogP contribution in [0.4, 0.5) is 4.39 Å². The van der Waals surface area contributed by atoms with E-state index in [9.17, 15) is 14.0 Å². The van der Waals surface area contributed by atoms with Crippen molar-refractivity contribution >= 4 is 11.8 Å². The van der Waals surface area contributed by atoms with Crippen molar-refractivity contribution in [2.75, 3.05) is 26.2 Å². The van der Waals surface area contributed by atoms with Crippen LogP contribution < -0.4 is 10.6 Å². The molecule has 6 heteroatoms. The van der Waals surface area contributed by atoms with Crippen molar-refractivity contribution in [2.24, 2.45) is 16.7 Å². The van der Waals surface area contributed by atoms with Gasteiger partial charge in [0.05, 0.1) is 6.54 Å². The smallest absolute Gasteiger partial charge is 0.234 e. The Morgan fingerprint density at radius 2 is 1.70 bits per heavy atom. The van der Waals surface area contributed by atoms with E-state index in [4.69, 9.17) is 0 Å². The van der Waals surface area contributed by atoms with Crippen molar-refractivity contribution in [1.29, 1.82) is 0 Å². The van der Waals surface area contributed by atoms with Gasteiger partial charge in [0.25, 0.3) is 0 Å². The van der Waals surface area contributed by atoms with Gasteiger partial charge in [-0.05, 0) is 69.1 Å². The lowest BCUT2D eigenvalue weighted by molar-refractivity contribution is -0.136. The first kappa shape index (κ1) is 22.7. The van der Waals surface area contributed by atoms with Crippen LogP contribution >= 0.6 is 0 Å². The number of likely N-dealkylation sites (tertiary alicyclic amines) is 1. The van der Waals surface area contributed by atoms with Gasteiger partial charge in [0, 0.05) is 30.6 Å². The van der Waals surface area contributed by atoms with Gasteiger partial charge in [0.1, 0.15) is 5.82 Å². The summed E-state index contributed by atoms with van der Waals surface area (Å²) in [6.45, 7) is 13.0. The van der Waals surface area contributed by atoms with Crippen molar-refractivity contribution < 1.29 is 14.0 Å². The standard InChI is InChI=1S/C24H36FN3O2/c1-22(2,3)27-20(29)14-28-15-24(16-28)11-18(12-24)13-26-21(30)23(4,5)10-17-6-8-19(25)9-7-17/h6-9,18H,10-16H2,1-5H3,(H,26,30)(H,27,29). The Morgan fingerprint density at radius 1 is 1.10 bits per heavy atom. The quantitative estimate of drug-likeness (QED) is 0.717. The van der Waals surface area contributed by atoms with Gasteiger partial charge < -0.3 is 10.6 Å². The second-order valence-electron chi connectivity index (χ2n) is 11.1. The zero-order chi connectivity index (χ0) is 22.2. The average molecular weight is 418 g/mol. The number of rotatable bonds is 7. The van der Waals surface area contributed by atoms with Crippen molar-refractivity contribution in [3.8, 4) is 0 Å². The van der Waals surface area contributed by atoms with Crippen molar-refractivity contribution in [1.82, 2.24) is 15.5 Å². The molecule has 0 atom stereocenters. The third-order valence-electron chi connectivity index (χ3n) is 6.17. The van der Waals surface area contributed by atoms with Crippen molar-refractivity contribution in [2.45, 2.75) is 59.4 Å². The summed E-state index contributed by atoms with van der Waals surface area (Å²) in [7, 11) is 0. The maximum absolute atomic E-state index is 13.1. The van der Waals surface area contributed by atoms with Crippen molar-refractivity contribution in [3.63, 3.8) is 0 Å². The Hall–Kier alpha value is -1.95. The zero-order valence-corrected chi connectivity index (χ0v) is 19.0. The molecule has 1 saturated heterocycles. The lowest BCUT2D eigenvalue weighted by Crippen LogP contribution is -2.65. The SMILES string of the molecule is CC(C)(C)NC(=O)CN1CC2(CC(CNC(=O)C(C)(C)Cc3ccc(F)cc3)C2)C1. The van der Waals surface area contributed by atoms with Gasteiger partial charge in [0.15, 0.2) is 0 Å². The topological polar surface area (TPSA) is 61.4 Å². The number of amides is 2. The van der Waals surface area contributed by atoms with E-state index in [-0.39, 0.29) is 23.2 Å². The largest absolute Gasteiger partial charge is 0.355 e. The monoisotopic (exact) mass is 417 g/mol. The van der Waals surface area contributed by atoms with Gasteiger partial charge in [0.2, 0.25) is 11.8 Å². The summed E-state index contributed by atoms with van der Waals surface area (Å²) in [6.07, 6.45) is 2.81. The highest BCUT2D eigenvalue weighted by Crippen LogP contribution is 2.51. The molecule has 1 heterocycles. The molecule has 0 bridgehead atoms. The highest BCUT2D eigenvalue weighted by molar-refractivity contribution is 5.82. The minimum absolute atomic E-state index is 0.0434. The fourth-order valence-corrected chi connectivity index (χ4v) is 4.91. The van der Waals surface area contributed by atoms with Crippen LogP contribution in [0.25, 0.3) is 0 Å². The second kappa shape index (κ2) is 8.29. The number of hydrogen-bond donors (Lipinski definition) is 2. The van der Waals surface area contributed by atoms with Gasteiger partial charge in [-0.1, -0.05) is 26.0 Å². The Balaban J connectivity index is 1.35. The molecule has 1 aromatic carbocycles. The molecular weight excluding hydrogens is 381 g/mol. The normalized spacial score (nSPS) is 19.1. The Kier molecular flexibility index (Phi) is 6.28. The summed E-state index contributed by atoms with van der Waals surface area (Å²) in [6, 6.07) is 6.35. The van der Waals surface area contributed by atoms with Crippen LogP contribution in [0, 0.1) is 22.6 Å². The number of carbonyl (C=O) groups excluding carboxylic acids is 2. The summed E-state index contributed by atoms with van der Waals surface area (Å²) in [5, 5.41) is 6.13. The maximum atomic E-state index is 13.1. The van der Waals surface area contributed by atoms with Gasteiger partial charge in [-0.2, -0.15) is 0 Å². The summed E-state index contributed by atoms with van der Waals surface area (Å²) >= 11 is 0. The van der Waals surface area contributed by atoms with Gasteiger partial charge in [-0.3, -0.25) is 14.5 Å². The number of benzene rings is 1. The molecule has 1 aliphatic heterocycles. The summed E-state index contributed by atoms with van der Waals surface area (Å²) in [5.41, 5.74) is 0.585. The fourth-order valence-electron chi connectivity index (χ4n) is 4.91.